The van der Waals surface area contributed by atoms with Crippen LogP contribution in [0.4, 0.5) is 17.6 Å². The molecule has 0 saturated heterocycles. The molecule has 1 heterocycles. The summed E-state index contributed by atoms with van der Waals surface area (Å²) in [6, 6.07) is 0. The van der Waals surface area contributed by atoms with Crippen LogP contribution >= 0.6 is 0 Å². The van der Waals surface area contributed by atoms with Crippen LogP contribution in [-0.4, -0.2) is 29.3 Å². The lowest BCUT2D eigenvalue weighted by atomic mass is 10.1. The van der Waals surface area contributed by atoms with Gasteiger partial charge in [-0.3, -0.25) is 4.28 Å². The first kappa shape index (κ1) is 15.7. The highest BCUT2D eigenvalue weighted by atomic mass is 32.2. The van der Waals surface area contributed by atoms with Crippen LogP contribution in [0.25, 0.3) is 0 Å². The van der Waals surface area contributed by atoms with Crippen molar-refractivity contribution in [1.29, 1.82) is 0 Å². The molecule has 1 aromatic heterocycles. The molecule has 0 fully saturated rings. The predicted octanol–water partition coefficient (Wildman–Crippen LogP) is 1.92. The first-order valence-electron chi connectivity index (χ1n) is 5.18. The molecule has 0 aliphatic rings. The number of hydrogen-bond donors (Lipinski definition) is 0. The van der Waals surface area contributed by atoms with Gasteiger partial charge in [-0.15, -0.1) is 0 Å². The largest absolute Gasteiger partial charge is 0.444 e. The van der Waals surface area contributed by atoms with Gasteiger partial charge in [0.1, 0.15) is 6.33 Å². The minimum absolute atomic E-state index is 0.300. The first-order chi connectivity index (χ1) is 8.49. The van der Waals surface area contributed by atoms with Crippen LogP contribution in [0.5, 0.6) is 0 Å². The molecule has 19 heavy (non-hydrogen) atoms. The summed E-state index contributed by atoms with van der Waals surface area (Å²) in [6.07, 6.45) is 1.38. The van der Waals surface area contributed by atoms with E-state index in [0.717, 1.165) is 18.7 Å². The number of rotatable bonds is 6. The van der Waals surface area contributed by atoms with Gasteiger partial charge >= 0.3 is 21.3 Å². The predicted molar refractivity (Wildman–Crippen MR) is 57.1 cm³/mol. The number of imidazole rings is 1. The summed E-state index contributed by atoms with van der Waals surface area (Å²) in [5, 5.41) is -5.34. The lowest BCUT2D eigenvalue weighted by Crippen LogP contribution is -2.50. The Kier molecular flexibility index (Phi) is 4.13. The summed E-state index contributed by atoms with van der Waals surface area (Å²) >= 11 is 0. The Morgan fingerprint density at radius 2 is 1.89 bits per heavy atom. The average Bonchev–Trinajstić information content (AvgIpc) is 2.66. The van der Waals surface area contributed by atoms with Crippen LogP contribution in [0.2, 0.25) is 0 Å². The Hall–Kier alpha value is -1.32. The van der Waals surface area contributed by atoms with Gasteiger partial charge in [-0.05, 0) is 5.92 Å². The van der Waals surface area contributed by atoms with E-state index in [4.69, 9.17) is 0 Å². The molecule has 0 saturated carbocycles. The number of aromatic nitrogens is 2. The number of hydrogen-bond acceptors (Lipinski definition) is 4. The molecule has 0 aliphatic carbocycles. The summed E-state index contributed by atoms with van der Waals surface area (Å²) in [5.41, 5.74) is 0. The van der Waals surface area contributed by atoms with Gasteiger partial charge in [0.15, 0.2) is 0 Å². The van der Waals surface area contributed by atoms with Crippen LogP contribution in [0, 0.1) is 5.92 Å². The second kappa shape index (κ2) is 4.99. The topological polar surface area (TPSA) is 61.2 Å². The molecule has 0 unspecified atom stereocenters. The molecule has 0 amide bonds. The van der Waals surface area contributed by atoms with Crippen LogP contribution in [-0.2, 0) is 10.1 Å². The molecule has 5 nitrogen and oxygen atoms in total. The van der Waals surface area contributed by atoms with Gasteiger partial charge in [-0.1, -0.05) is 13.8 Å². The highest BCUT2D eigenvalue weighted by molar-refractivity contribution is 7.88. The molecular weight excluding hydrogens is 292 g/mol. The Balaban J connectivity index is 3.03. The summed E-state index contributed by atoms with van der Waals surface area (Å²) in [6.45, 7) is 2.54. The smallest absolute Gasteiger partial charge is 0.282 e. The van der Waals surface area contributed by atoms with Crippen molar-refractivity contribution >= 4 is 10.1 Å². The average molecular weight is 304 g/mol. The molecule has 110 valence electrons. The minimum Gasteiger partial charge on any atom is -0.282 e. The van der Waals surface area contributed by atoms with Crippen molar-refractivity contribution in [2.45, 2.75) is 31.4 Å². The van der Waals surface area contributed by atoms with E-state index in [1.165, 1.54) is 13.8 Å². The fourth-order valence-corrected chi connectivity index (χ4v) is 2.12. The van der Waals surface area contributed by atoms with E-state index in [9.17, 15) is 26.0 Å². The standard InChI is InChI=1S/C9H12F4N2O3S/c1-7(2)5-8(10,11)9(12,13)19(16,17)18-15-4-3-14-6-15/h3-4,6-7H,5H2,1-2H3. The van der Waals surface area contributed by atoms with Crippen molar-refractivity contribution < 1.29 is 30.3 Å². The van der Waals surface area contributed by atoms with E-state index in [-0.39, 0.29) is 0 Å². The van der Waals surface area contributed by atoms with E-state index < -0.39 is 33.6 Å². The van der Waals surface area contributed by atoms with Gasteiger partial charge < -0.3 is 0 Å². The summed E-state index contributed by atoms with van der Waals surface area (Å²) in [5.74, 6) is -5.55. The molecule has 10 heteroatoms. The molecule has 0 radical (unpaired) electrons. The van der Waals surface area contributed by atoms with Crippen LogP contribution < -0.4 is 4.28 Å². The van der Waals surface area contributed by atoms with E-state index in [1.807, 2.05) is 0 Å². The van der Waals surface area contributed by atoms with Gasteiger partial charge in [0.2, 0.25) is 0 Å². The lowest BCUT2D eigenvalue weighted by molar-refractivity contribution is -0.170. The molecular formula is C9H12F4N2O3S. The molecule has 0 atom stereocenters. The Bertz CT molecular complexity index is 514. The highest BCUT2D eigenvalue weighted by Gasteiger charge is 2.67. The molecule has 1 rings (SSSR count). The summed E-state index contributed by atoms with van der Waals surface area (Å²) in [7, 11) is -5.85. The van der Waals surface area contributed by atoms with E-state index in [2.05, 4.69) is 9.27 Å². The maximum absolute atomic E-state index is 13.4. The third-order valence-electron chi connectivity index (χ3n) is 2.07. The van der Waals surface area contributed by atoms with Crippen molar-refractivity contribution in [3.8, 4) is 0 Å². The maximum Gasteiger partial charge on any atom is 0.444 e. The van der Waals surface area contributed by atoms with Crippen molar-refractivity contribution in [2.75, 3.05) is 0 Å². The zero-order valence-corrected chi connectivity index (χ0v) is 10.9. The van der Waals surface area contributed by atoms with Crippen LogP contribution in [0.15, 0.2) is 18.7 Å². The van der Waals surface area contributed by atoms with Crippen molar-refractivity contribution in [3.05, 3.63) is 18.7 Å². The maximum atomic E-state index is 13.4. The number of halogens is 4. The van der Waals surface area contributed by atoms with Gasteiger partial charge in [-0.25, -0.2) is 4.98 Å². The highest BCUT2D eigenvalue weighted by Crippen LogP contribution is 2.42. The second-order valence-corrected chi connectivity index (χ2v) is 5.84. The van der Waals surface area contributed by atoms with Crippen molar-refractivity contribution in [1.82, 2.24) is 9.71 Å². The van der Waals surface area contributed by atoms with E-state index in [1.54, 1.807) is 0 Å². The fourth-order valence-electron chi connectivity index (χ4n) is 1.27. The lowest BCUT2D eigenvalue weighted by Gasteiger charge is -2.26. The molecule has 0 aliphatic heterocycles. The van der Waals surface area contributed by atoms with Crippen molar-refractivity contribution in [3.63, 3.8) is 0 Å². The molecule has 0 N–H and O–H groups in total. The monoisotopic (exact) mass is 304 g/mol. The zero-order chi connectivity index (χ0) is 14.9. The SMILES string of the molecule is CC(C)CC(F)(F)C(F)(F)S(=O)(=O)On1ccnc1. The summed E-state index contributed by atoms with van der Waals surface area (Å²) < 4.78 is 80.2. The first-order valence-corrected chi connectivity index (χ1v) is 6.58. The normalized spacial score (nSPS) is 13.8. The third kappa shape index (κ3) is 3.17. The van der Waals surface area contributed by atoms with Gasteiger partial charge in [0.25, 0.3) is 0 Å². The Morgan fingerprint density at radius 1 is 1.32 bits per heavy atom. The quantitative estimate of drug-likeness (QED) is 0.753. The fraction of sp³-hybridized carbons (Fsp3) is 0.667. The molecule has 0 aromatic carbocycles. The summed E-state index contributed by atoms with van der Waals surface area (Å²) in [4.78, 5) is 3.34. The zero-order valence-electron chi connectivity index (χ0n) is 10.1. The van der Waals surface area contributed by atoms with E-state index in [0.29, 0.717) is 4.73 Å². The van der Waals surface area contributed by atoms with E-state index >= 15 is 0 Å². The van der Waals surface area contributed by atoms with Crippen molar-refractivity contribution in [2.24, 2.45) is 5.92 Å². The van der Waals surface area contributed by atoms with Crippen LogP contribution in [0.3, 0.4) is 0 Å². The van der Waals surface area contributed by atoms with Gasteiger partial charge in [0.05, 0.1) is 6.20 Å². The van der Waals surface area contributed by atoms with Crippen LogP contribution in [0.1, 0.15) is 20.3 Å². The Labute approximate surface area is 107 Å². The third-order valence-corrected chi connectivity index (χ3v) is 3.36. The molecule has 0 spiro atoms. The second-order valence-electron chi connectivity index (χ2n) is 4.27. The number of nitrogens with zero attached hydrogens (tertiary/aromatic N) is 2. The Morgan fingerprint density at radius 3 is 2.32 bits per heavy atom. The minimum atomic E-state index is -5.85. The number of alkyl halides is 4. The molecule has 1 aromatic rings. The molecule has 0 bridgehead atoms. The van der Waals surface area contributed by atoms with Gasteiger partial charge in [-0.2, -0.15) is 30.7 Å². The van der Waals surface area contributed by atoms with Gasteiger partial charge in [0, 0.05) is 12.6 Å².